The molecule has 0 heterocycles. The van der Waals surface area contributed by atoms with Gasteiger partial charge in [0.2, 0.25) is 0 Å². The highest BCUT2D eigenvalue weighted by molar-refractivity contribution is 5.48. The molecule has 340 valence electrons. The number of aliphatic hydroxyl groups excluding tert-OH is 8. The summed E-state index contributed by atoms with van der Waals surface area (Å²) < 4.78 is 45.9. The van der Waals surface area contributed by atoms with Crippen LogP contribution in [0.2, 0.25) is 0 Å². The van der Waals surface area contributed by atoms with E-state index in [1.165, 1.54) is 77.0 Å². The van der Waals surface area contributed by atoms with Crippen LogP contribution in [0.1, 0.15) is 58.7 Å². The molecule has 8 N–H and O–H groups in total. The topological polar surface area (TPSA) is 236 Å². The van der Waals surface area contributed by atoms with Crippen molar-refractivity contribution in [2.45, 2.75) is 55.8 Å². The summed E-state index contributed by atoms with van der Waals surface area (Å²) in [4.78, 5) is 0. The standard InChI is InChI=1S/C47H56O16/c1-56-38-21-30(11-14-34(38)60-27-28-8-6-5-7-9-28)45(53)42(24-49)62-36-16-13-32(23-40(36)58-3)47(55)44(26-51)63-37-17-12-31(22-41(37)59-4)46(54)43(25-50)61-35-15-10-29(20-39(35)57-2)33(52)18-19-48/h5-17,20-23,33,42-55H,18-19,24-27H2,1-4H3/t33?,42-,43-,44-,45+,46+,47+/m1/s1. The molecule has 0 aliphatic rings. The third-order valence-corrected chi connectivity index (χ3v) is 10.2. The summed E-state index contributed by atoms with van der Waals surface area (Å²) in [6.07, 6.45) is -8.46. The second kappa shape index (κ2) is 23.6. The van der Waals surface area contributed by atoms with E-state index in [1.54, 1.807) is 24.3 Å². The molecule has 5 aromatic rings. The Morgan fingerprint density at radius 1 is 0.413 bits per heavy atom. The summed E-state index contributed by atoms with van der Waals surface area (Å²) in [5.41, 5.74) is 2.40. The number of benzene rings is 5. The highest BCUT2D eigenvalue weighted by atomic mass is 16.6. The van der Waals surface area contributed by atoms with Crippen molar-refractivity contribution in [2.75, 3.05) is 54.9 Å². The molecule has 0 bridgehead atoms. The van der Waals surface area contributed by atoms with Gasteiger partial charge in [-0.15, -0.1) is 0 Å². The van der Waals surface area contributed by atoms with Gasteiger partial charge < -0.3 is 78.7 Å². The third-order valence-electron chi connectivity index (χ3n) is 10.2. The van der Waals surface area contributed by atoms with Crippen LogP contribution in [0.25, 0.3) is 0 Å². The molecular formula is C47H56O16. The Balaban J connectivity index is 1.26. The Bertz CT molecular complexity index is 2170. The van der Waals surface area contributed by atoms with Gasteiger partial charge in [0.1, 0.15) is 24.9 Å². The maximum atomic E-state index is 11.4. The van der Waals surface area contributed by atoms with Crippen LogP contribution in [0, 0.1) is 0 Å². The molecule has 0 aliphatic heterocycles. The molecule has 0 saturated heterocycles. The van der Waals surface area contributed by atoms with E-state index >= 15 is 0 Å². The van der Waals surface area contributed by atoms with Gasteiger partial charge in [-0.05, 0) is 76.3 Å². The predicted molar refractivity (Wildman–Crippen MR) is 229 cm³/mol. The minimum absolute atomic E-state index is 0.117. The summed E-state index contributed by atoms with van der Waals surface area (Å²) in [5, 5.41) is 84.3. The first-order chi connectivity index (χ1) is 30.5. The zero-order valence-corrected chi connectivity index (χ0v) is 35.4. The lowest BCUT2D eigenvalue weighted by atomic mass is 10.0. The first-order valence-corrected chi connectivity index (χ1v) is 20.1. The molecule has 5 rings (SSSR count). The van der Waals surface area contributed by atoms with Gasteiger partial charge in [-0.2, -0.15) is 0 Å². The second-order valence-electron chi connectivity index (χ2n) is 14.3. The first kappa shape index (κ1) is 48.2. The van der Waals surface area contributed by atoms with E-state index in [0.717, 1.165) is 5.56 Å². The van der Waals surface area contributed by atoms with Gasteiger partial charge in [0, 0.05) is 13.0 Å². The lowest BCUT2D eigenvalue weighted by Crippen LogP contribution is -2.30. The second-order valence-corrected chi connectivity index (χ2v) is 14.3. The molecule has 7 atom stereocenters. The van der Waals surface area contributed by atoms with Gasteiger partial charge in [0.15, 0.2) is 64.3 Å². The van der Waals surface area contributed by atoms with Crippen molar-refractivity contribution in [3.8, 4) is 46.0 Å². The van der Waals surface area contributed by atoms with Gasteiger partial charge in [-0.3, -0.25) is 0 Å². The van der Waals surface area contributed by atoms with Crippen LogP contribution in [0.15, 0.2) is 103 Å². The zero-order chi connectivity index (χ0) is 45.5. The van der Waals surface area contributed by atoms with Crippen molar-refractivity contribution in [1.82, 2.24) is 0 Å². The molecule has 0 aromatic heterocycles. The average molecular weight is 877 g/mol. The largest absolute Gasteiger partial charge is 0.493 e. The van der Waals surface area contributed by atoms with E-state index < -0.39 is 62.5 Å². The smallest absolute Gasteiger partial charge is 0.161 e. The monoisotopic (exact) mass is 876 g/mol. The third kappa shape index (κ3) is 12.2. The Morgan fingerprint density at radius 3 is 1.13 bits per heavy atom. The molecule has 0 radical (unpaired) electrons. The van der Waals surface area contributed by atoms with E-state index in [4.69, 9.17) is 37.9 Å². The highest BCUT2D eigenvalue weighted by Gasteiger charge is 2.29. The minimum atomic E-state index is -1.42. The lowest BCUT2D eigenvalue weighted by Gasteiger charge is -2.27. The van der Waals surface area contributed by atoms with Gasteiger partial charge in [-0.1, -0.05) is 54.6 Å². The van der Waals surface area contributed by atoms with E-state index in [1.807, 2.05) is 30.3 Å². The fourth-order valence-corrected chi connectivity index (χ4v) is 6.67. The Hall–Kier alpha value is -5.82. The molecule has 1 unspecified atom stereocenters. The molecule has 0 fully saturated rings. The first-order valence-electron chi connectivity index (χ1n) is 20.1. The van der Waals surface area contributed by atoms with Crippen molar-refractivity contribution < 1.29 is 78.7 Å². The van der Waals surface area contributed by atoms with Crippen LogP contribution in [0.4, 0.5) is 0 Å². The van der Waals surface area contributed by atoms with E-state index in [0.29, 0.717) is 29.2 Å². The van der Waals surface area contributed by atoms with Crippen LogP contribution in [-0.4, -0.2) is 114 Å². The summed E-state index contributed by atoms with van der Waals surface area (Å²) >= 11 is 0. The molecular weight excluding hydrogens is 821 g/mol. The van der Waals surface area contributed by atoms with Gasteiger partial charge in [-0.25, -0.2) is 0 Å². The predicted octanol–water partition coefficient (Wildman–Crippen LogP) is 4.14. The van der Waals surface area contributed by atoms with Crippen LogP contribution < -0.4 is 37.9 Å². The summed E-state index contributed by atoms with van der Waals surface area (Å²) in [6, 6.07) is 28.1. The molecule has 0 aliphatic carbocycles. The summed E-state index contributed by atoms with van der Waals surface area (Å²) in [5.74, 6) is 1.82. The number of rotatable bonds is 25. The average Bonchev–Trinajstić information content (AvgIpc) is 3.33. The molecule has 16 nitrogen and oxygen atoms in total. The SMILES string of the molecule is COc1cc([C@H](O)[C@@H](CO)Oc2ccc([C@H](O)[C@@H](CO)Oc3ccc([C@H](O)[C@@H](CO)Oc4ccc(C(O)CCO)cc4OC)cc3OC)cc2OC)ccc1OCc1ccccc1. The Kier molecular flexibility index (Phi) is 18.0. The molecule has 0 amide bonds. The molecule has 0 spiro atoms. The van der Waals surface area contributed by atoms with Crippen molar-refractivity contribution in [2.24, 2.45) is 0 Å². The number of hydrogen-bond donors (Lipinski definition) is 8. The van der Waals surface area contributed by atoms with E-state index in [2.05, 4.69) is 0 Å². The molecule has 0 saturated carbocycles. The van der Waals surface area contributed by atoms with Crippen LogP contribution in [-0.2, 0) is 6.61 Å². The van der Waals surface area contributed by atoms with Gasteiger partial charge in [0.05, 0.1) is 54.4 Å². The van der Waals surface area contributed by atoms with Crippen molar-refractivity contribution in [3.63, 3.8) is 0 Å². The lowest BCUT2D eigenvalue weighted by molar-refractivity contribution is -0.00353. The maximum Gasteiger partial charge on any atom is 0.161 e. The van der Waals surface area contributed by atoms with Crippen LogP contribution in [0.5, 0.6) is 46.0 Å². The van der Waals surface area contributed by atoms with E-state index in [9.17, 15) is 40.9 Å². The van der Waals surface area contributed by atoms with Gasteiger partial charge in [0.25, 0.3) is 0 Å². The minimum Gasteiger partial charge on any atom is -0.493 e. The number of hydrogen-bond acceptors (Lipinski definition) is 16. The fourth-order valence-electron chi connectivity index (χ4n) is 6.67. The molecule has 16 heteroatoms. The Labute approximate surface area is 365 Å². The number of ether oxygens (including phenoxy) is 8. The summed E-state index contributed by atoms with van der Waals surface area (Å²) in [6.45, 7) is -1.70. The van der Waals surface area contributed by atoms with Crippen molar-refractivity contribution in [1.29, 1.82) is 0 Å². The summed E-state index contributed by atoms with van der Waals surface area (Å²) in [7, 11) is 5.64. The van der Waals surface area contributed by atoms with Crippen molar-refractivity contribution >= 4 is 0 Å². The number of aliphatic hydroxyl groups is 8. The molecule has 5 aromatic carbocycles. The van der Waals surface area contributed by atoms with E-state index in [-0.39, 0.29) is 58.7 Å². The van der Waals surface area contributed by atoms with Crippen LogP contribution >= 0.6 is 0 Å². The quantitative estimate of drug-likeness (QED) is 0.0412. The van der Waals surface area contributed by atoms with Crippen molar-refractivity contribution in [3.05, 3.63) is 131 Å². The Morgan fingerprint density at radius 2 is 0.762 bits per heavy atom. The normalized spacial score (nSPS) is 14.6. The van der Waals surface area contributed by atoms with Gasteiger partial charge >= 0.3 is 0 Å². The highest BCUT2D eigenvalue weighted by Crippen LogP contribution is 2.39. The van der Waals surface area contributed by atoms with Crippen LogP contribution in [0.3, 0.4) is 0 Å². The number of methoxy groups -OCH3 is 4. The maximum absolute atomic E-state index is 11.4. The molecule has 63 heavy (non-hydrogen) atoms. The zero-order valence-electron chi connectivity index (χ0n) is 35.4. The fraction of sp³-hybridized carbons (Fsp3) is 0.362.